The van der Waals surface area contributed by atoms with E-state index in [1.807, 2.05) is 60.7 Å². The zero-order valence-corrected chi connectivity index (χ0v) is 12.9. The van der Waals surface area contributed by atoms with Crippen LogP contribution in [-0.2, 0) is 6.61 Å². The Bertz CT molecular complexity index is 771. The van der Waals surface area contributed by atoms with Gasteiger partial charge in [-0.05, 0) is 29.3 Å². The van der Waals surface area contributed by atoms with E-state index in [0.29, 0.717) is 23.9 Å². The van der Waals surface area contributed by atoms with Crippen molar-refractivity contribution in [2.75, 3.05) is 12.8 Å². The molecule has 0 unspecified atom stereocenters. The minimum atomic E-state index is 0.503. The summed E-state index contributed by atoms with van der Waals surface area (Å²) < 4.78 is 10.9. The molecule has 3 aromatic rings. The van der Waals surface area contributed by atoms with E-state index in [0.717, 1.165) is 16.7 Å². The third-order valence-corrected chi connectivity index (χ3v) is 3.53. The number of nitrogen functional groups attached to an aromatic ring is 1. The summed E-state index contributed by atoms with van der Waals surface area (Å²) in [6, 6.07) is 19.5. The van der Waals surface area contributed by atoms with Gasteiger partial charge in [-0.3, -0.25) is 0 Å². The fraction of sp³-hybridized carbons (Fsp3) is 0.105. The third-order valence-electron chi connectivity index (χ3n) is 3.53. The number of rotatable bonds is 5. The molecule has 0 saturated heterocycles. The molecule has 0 saturated carbocycles. The molecule has 23 heavy (non-hydrogen) atoms. The first-order chi connectivity index (χ1) is 11.3. The molecule has 1 heterocycles. The number of methoxy groups -OCH3 is 1. The van der Waals surface area contributed by atoms with E-state index in [1.165, 1.54) is 0 Å². The van der Waals surface area contributed by atoms with Crippen molar-refractivity contribution in [2.24, 2.45) is 0 Å². The summed E-state index contributed by atoms with van der Waals surface area (Å²) in [7, 11) is 1.61. The fourth-order valence-electron chi connectivity index (χ4n) is 2.26. The number of hydrogen-bond donors (Lipinski definition) is 1. The summed E-state index contributed by atoms with van der Waals surface area (Å²) in [5.74, 6) is 1.26. The Kier molecular flexibility index (Phi) is 4.43. The van der Waals surface area contributed by atoms with Gasteiger partial charge in [0.25, 0.3) is 0 Å². The van der Waals surface area contributed by atoms with Crippen molar-refractivity contribution in [3.63, 3.8) is 0 Å². The van der Waals surface area contributed by atoms with Crippen molar-refractivity contribution in [2.45, 2.75) is 6.61 Å². The molecule has 116 valence electrons. The lowest BCUT2D eigenvalue weighted by Gasteiger charge is -2.09. The molecule has 3 rings (SSSR count). The number of pyridine rings is 1. The van der Waals surface area contributed by atoms with Crippen LogP contribution >= 0.6 is 0 Å². The van der Waals surface area contributed by atoms with Crippen LogP contribution in [0.15, 0.2) is 66.9 Å². The Morgan fingerprint density at radius 1 is 0.957 bits per heavy atom. The van der Waals surface area contributed by atoms with E-state index in [4.69, 9.17) is 15.2 Å². The minimum absolute atomic E-state index is 0.503. The first kappa shape index (κ1) is 14.9. The van der Waals surface area contributed by atoms with Gasteiger partial charge >= 0.3 is 0 Å². The van der Waals surface area contributed by atoms with Crippen molar-refractivity contribution in [1.82, 2.24) is 4.98 Å². The molecule has 0 fully saturated rings. The zero-order chi connectivity index (χ0) is 16.1. The molecule has 2 aromatic carbocycles. The molecule has 0 radical (unpaired) electrons. The largest absolute Gasteiger partial charge is 0.495 e. The lowest BCUT2D eigenvalue weighted by Crippen LogP contribution is -1.97. The molecule has 0 spiro atoms. The SMILES string of the molecule is COc1cc(-c2ccc(OCc3ccccc3)nc2)ccc1N. The van der Waals surface area contributed by atoms with E-state index in [9.17, 15) is 0 Å². The first-order valence-corrected chi connectivity index (χ1v) is 7.33. The van der Waals surface area contributed by atoms with Gasteiger partial charge in [-0.25, -0.2) is 4.98 Å². The summed E-state index contributed by atoms with van der Waals surface area (Å²) >= 11 is 0. The quantitative estimate of drug-likeness (QED) is 0.726. The molecule has 0 atom stereocenters. The average Bonchev–Trinajstić information content (AvgIpc) is 2.62. The molecule has 0 aliphatic carbocycles. The number of benzene rings is 2. The van der Waals surface area contributed by atoms with Crippen LogP contribution in [0, 0.1) is 0 Å². The van der Waals surface area contributed by atoms with Crippen LogP contribution in [0.1, 0.15) is 5.56 Å². The standard InChI is InChI=1S/C19H18N2O2/c1-22-18-11-15(7-9-17(18)20)16-8-10-19(21-12-16)23-13-14-5-3-2-4-6-14/h2-12H,13,20H2,1H3. The Labute approximate surface area is 135 Å². The Balaban J connectivity index is 1.72. The zero-order valence-electron chi connectivity index (χ0n) is 12.9. The number of hydrogen-bond acceptors (Lipinski definition) is 4. The summed E-state index contributed by atoms with van der Waals surface area (Å²) in [5, 5.41) is 0. The van der Waals surface area contributed by atoms with Gasteiger partial charge in [-0.1, -0.05) is 36.4 Å². The van der Waals surface area contributed by atoms with Gasteiger partial charge in [0.05, 0.1) is 12.8 Å². The van der Waals surface area contributed by atoms with Gasteiger partial charge in [-0.15, -0.1) is 0 Å². The van der Waals surface area contributed by atoms with E-state index < -0.39 is 0 Å². The molecule has 4 nitrogen and oxygen atoms in total. The maximum absolute atomic E-state index is 5.84. The van der Waals surface area contributed by atoms with Crippen LogP contribution in [-0.4, -0.2) is 12.1 Å². The predicted molar refractivity (Wildman–Crippen MR) is 91.4 cm³/mol. The number of nitrogens with zero attached hydrogens (tertiary/aromatic N) is 1. The van der Waals surface area contributed by atoms with Crippen LogP contribution in [0.25, 0.3) is 11.1 Å². The van der Waals surface area contributed by atoms with Crippen LogP contribution in [0.2, 0.25) is 0 Å². The first-order valence-electron chi connectivity index (χ1n) is 7.33. The van der Waals surface area contributed by atoms with Crippen LogP contribution in [0.5, 0.6) is 11.6 Å². The van der Waals surface area contributed by atoms with Crippen molar-refractivity contribution >= 4 is 5.69 Å². The number of aromatic nitrogens is 1. The van der Waals surface area contributed by atoms with Crippen molar-refractivity contribution in [3.8, 4) is 22.8 Å². The van der Waals surface area contributed by atoms with Crippen LogP contribution in [0.4, 0.5) is 5.69 Å². The molecule has 0 amide bonds. The molecule has 0 bridgehead atoms. The van der Waals surface area contributed by atoms with Gasteiger partial charge < -0.3 is 15.2 Å². The highest BCUT2D eigenvalue weighted by molar-refractivity contribution is 5.69. The van der Waals surface area contributed by atoms with Crippen LogP contribution < -0.4 is 15.2 Å². The van der Waals surface area contributed by atoms with E-state index in [2.05, 4.69) is 4.98 Å². The summed E-state index contributed by atoms with van der Waals surface area (Å²) in [6.07, 6.45) is 1.78. The Morgan fingerprint density at radius 3 is 2.43 bits per heavy atom. The average molecular weight is 306 g/mol. The normalized spacial score (nSPS) is 10.3. The van der Waals surface area contributed by atoms with Gasteiger partial charge in [0.1, 0.15) is 12.4 Å². The lowest BCUT2D eigenvalue weighted by molar-refractivity contribution is 0.294. The van der Waals surface area contributed by atoms with Crippen LogP contribution in [0.3, 0.4) is 0 Å². The predicted octanol–water partition coefficient (Wildman–Crippen LogP) is 3.92. The molecule has 0 aliphatic heterocycles. The Morgan fingerprint density at radius 2 is 1.74 bits per heavy atom. The smallest absolute Gasteiger partial charge is 0.213 e. The highest BCUT2D eigenvalue weighted by atomic mass is 16.5. The number of nitrogens with two attached hydrogens (primary N) is 1. The van der Waals surface area contributed by atoms with Gasteiger partial charge in [0, 0.05) is 17.8 Å². The second-order valence-corrected chi connectivity index (χ2v) is 5.12. The Hall–Kier alpha value is -3.01. The number of ether oxygens (including phenoxy) is 2. The molecular formula is C19H18N2O2. The summed E-state index contributed by atoms with van der Waals surface area (Å²) in [4.78, 5) is 4.35. The van der Waals surface area contributed by atoms with E-state index in [1.54, 1.807) is 13.3 Å². The van der Waals surface area contributed by atoms with Gasteiger partial charge in [-0.2, -0.15) is 0 Å². The fourth-order valence-corrected chi connectivity index (χ4v) is 2.26. The monoisotopic (exact) mass is 306 g/mol. The summed E-state index contributed by atoms with van der Waals surface area (Å²) in [5.41, 5.74) is 9.55. The summed E-state index contributed by atoms with van der Waals surface area (Å²) in [6.45, 7) is 0.503. The molecule has 2 N–H and O–H groups in total. The second kappa shape index (κ2) is 6.83. The van der Waals surface area contributed by atoms with Crippen molar-refractivity contribution in [3.05, 3.63) is 72.4 Å². The van der Waals surface area contributed by atoms with Gasteiger partial charge in [0.15, 0.2) is 0 Å². The van der Waals surface area contributed by atoms with Crippen molar-refractivity contribution in [1.29, 1.82) is 0 Å². The minimum Gasteiger partial charge on any atom is -0.495 e. The number of anilines is 1. The topological polar surface area (TPSA) is 57.4 Å². The highest BCUT2D eigenvalue weighted by Crippen LogP contribution is 2.29. The third kappa shape index (κ3) is 3.61. The van der Waals surface area contributed by atoms with E-state index >= 15 is 0 Å². The second-order valence-electron chi connectivity index (χ2n) is 5.12. The highest BCUT2D eigenvalue weighted by Gasteiger charge is 2.04. The lowest BCUT2D eigenvalue weighted by atomic mass is 10.1. The molecule has 4 heteroatoms. The maximum atomic E-state index is 5.84. The molecule has 0 aliphatic rings. The van der Waals surface area contributed by atoms with Crippen molar-refractivity contribution < 1.29 is 9.47 Å². The van der Waals surface area contributed by atoms with Gasteiger partial charge in [0.2, 0.25) is 5.88 Å². The molecular weight excluding hydrogens is 288 g/mol. The maximum Gasteiger partial charge on any atom is 0.213 e. The molecule has 1 aromatic heterocycles. The van der Waals surface area contributed by atoms with E-state index in [-0.39, 0.29) is 0 Å².